The van der Waals surface area contributed by atoms with E-state index in [1.165, 1.54) is 0 Å². The van der Waals surface area contributed by atoms with Gasteiger partial charge in [0.2, 0.25) is 5.91 Å². The Balaban J connectivity index is 1.66. The summed E-state index contributed by atoms with van der Waals surface area (Å²) in [5.74, 6) is 1.57. The molecule has 0 unspecified atom stereocenters. The molecule has 0 radical (unpaired) electrons. The first-order chi connectivity index (χ1) is 15.4. The maximum absolute atomic E-state index is 12.5. The van der Waals surface area contributed by atoms with E-state index in [2.05, 4.69) is 30.3 Å². The van der Waals surface area contributed by atoms with Gasteiger partial charge < -0.3 is 20.6 Å². The number of carbonyl (C=O) groups excluding carboxylic acids is 1. The van der Waals surface area contributed by atoms with E-state index in [9.17, 15) is 9.90 Å². The fraction of sp³-hybridized carbons (Fsp3) is 0.480. The summed E-state index contributed by atoms with van der Waals surface area (Å²) in [4.78, 5) is 26.1. The molecule has 1 saturated heterocycles. The molecule has 1 aliphatic heterocycles. The second kappa shape index (κ2) is 9.28. The van der Waals surface area contributed by atoms with Crippen LogP contribution in [0.15, 0.2) is 31.0 Å². The molecule has 0 spiro atoms. The van der Waals surface area contributed by atoms with Crippen LogP contribution < -0.4 is 10.6 Å². The zero-order chi connectivity index (χ0) is 22.8. The molecule has 3 N–H and O–H groups in total. The molecular formula is C25H33N5O2. The number of aliphatic hydroxyl groups excluding tert-OH is 1. The standard InChI is InChI=1S/C25H33N5O2/c1-4-19-13-18(7-9-27-19)20-14-21(26)25(28-24(20)17-5-6-17)29-10-11-30(23(32)8-12-31)22(15-29)16(2)3/h4,7,9,13-14,16-17,22,31H,1,5-6,8,10-12,15,26H2,2-3H3/t22-/m0/s1. The Hall–Kier alpha value is -2.93. The van der Waals surface area contributed by atoms with Gasteiger partial charge in [0.25, 0.3) is 0 Å². The molecule has 0 aromatic carbocycles. The van der Waals surface area contributed by atoms with Crippen LogP contribution in [0, 0.1) is 5.92 Å². The van der Waals surface area contributed by atoms with Crippen molar-refractivity contribution in [1.29, 1.82) is 0 Å². The first-order valence-corrected chi connectivity index (χ1v) is 11.5. The number of hydrogen-bond acceptors (Lipinski definition) is 6. The third-order valence-electron chi connectivity index (χ3n) is 6.46. The fourth-order valence-corrected chi connectivity index (χ4v) is 4.53. The van der Waals surface area contributed by atoms with Gasteiger partial charge in [-0.05, 0) is 48.6 Å². The number of pyridine rings is 2. The molecule has 4 rings (SSSR count). The molecule has 1 amide bonds. The number of aromatic nitrogens is 2. The molecule has 1 aliphatic carbocycles. The quantitative estimate of drug-likeness (QED) is 0.693. The molecule has 3 heterocycles. The number of anilines is 2. The summed E-state index contributed by atoms with van der Waals surface area (Å²) in [7, 11) is 0. The van der Waals surface area contributed by atoms with Gasteiger partial charge in [-0.2, -0.15) is 0 Å². The molecule has 0 bridgehead atoms. The van der Waals surface area contributed by atoms with Gasteiger partial charge in [-0.15, -0.1) is 0 Å². The van der Waals surface area contributed by atoms with Gasteiger partial charge in [-0.3, -0.25) is 9.78 Å². The van der Waals surface area contributed by atoms with Crippen molar-refractivity contribution in [2.24, 2.45) is 5.92 Å². The van der Waals surface area contributed by atoms with Gasteiger partial charge >= 0.3 is 0 Å². The van der Waals surface area contributed by atoms with E-state index >= 15 is 0 Å². The van der Waals surface area contributed by atoms with Gasteiger partial charge in [0, 0.05) is 43.7 Å². The second-order valence-electron chi connectivity index (χ2n) is 9.10. The van der Waals surface area contributed by atoms with Crippen LogP contribution in [-0.4, -0.2) is 58.2 Å². The highest BCUT2D eigenvalue weighted by Gasteiger charge is 2.35. The third-order valence-corrected chi connectivity index (χ3v) is 6.46. The van der Waals surface area contributed by atoms with E-state index in [1.54, 1.807) is 12.3 Å². The van der Waals surface area contributed by atoms with E-state index in [0.29, 0.717) is 31.2 Å². The van der Waals surface area contributed by atoms with Crippen molar-refractivity contribution in [2.75, 3.05) is 36.9 Å². The molecular weight excluding hydrogens is 402 g/mol. The third kappa shape index (κ3) is 4.48. The van der Waals surface area contributed by atoms with Crippen LogP contribution >= 0.6 is 0 Å². The number of piperazine rings is 1. The molecule has 7 nitrogen and oxygen atoms in total. The summed E-state index contributed by atoms with van der Waals surface area (Å²) < 4.78 is 0. The number of rotatable bonds is 7. The Labute approximate surface area is 190 Å². The summed E-state index contributed by atoms with van der Waals surface area (Å²) in [5, 5.41) is 9.21. The highest BCUT2D eigenvalue weighted by atomic mass is 16.3. The van der Waals surface area contributed by atoms with Crippen molar-refractivity contribution < 1.29 is 9.90 Å². The summed E-state index contributed by atoms with van der Waals surface area (Å²) in [5.41, 5.74) is 11.3. The topological polar surface area (TPSA) is 95.6 Å². The molecule has 170 valence electrons. The Morgan fingerprint density at radius 1 is 1.34 bits per heavy atom. The number of aliphatic hydroxyl groups is 1. The van der Waals surface area contributed by atoms with E-state index in [-0.39, 0.29) is 30.9 Å². The summed E-state index contributed by atoms with van der Waals surface area (Å²) in [6.45, 7) is 9.94. The molecule has 32 heavy (non-hydrogen) atoms. The predicted octanol–water partition coefficient (Wildman–Crippen LogP) is 3.30. The highest BCUT2D eigenvalue weighted by Crippen LogP contribution is 2.45. The van der Waals surface area contributed by atoms with E-state index < -0.39 is 0 Å². The van der Waals surface area contributed by atoms with Crippen molar-refractivity contribution in [1.82, 2.24) is 14.9 Å². The Bertz CT molecular complexity index is 1000. The number of nitrogen functional groups attached to an aromatic ring is 1. The number of nitrogens with two attached hydrogens (primary N) is 1. The Morgan fingerprint density at radius 3 is 2.78 bits per heavy atom. The maximum atomic E-state index is 12.5. The zero-order valence-electron chi connectivity index (χ0n) is 19.0. The summed E-state index contributed by atoms with van der Waals surface area (Å²) >= 11 is 0. The molecule has 2 aromatic rings. The van der Waals surface area contributed by atoms with Crippen LogP contribution in [0.1, 0.15) is 50.4 Å². The van der Waals surface area contributed by atoms with Crippen molar-refractivity contribution in [3.05, 3.63) is 42.4 Å². The average Bonchev–Trinajstić information content (AvgIpc) is 3.64. The number of carbonyl (C=O) groups is 1. The maximum Gasteiger partial charge on any atom is 0.225 e. The second-order valence-corrected chi connectivity index (χ2v) is 9.10. The van der Waals surface area contributed by atoms with Crippen LogP contribution in [0.3, 0.4) is 0 Å². The zero-order valence-corrected chi connectivity index (χ0v) is 19.0. The number of hydrogen-bond donors (Lipinski definition) is 2. The molecule has 2 fully saturated rings. The minimum absolute atomic E-state index is 0.0107. The molecule has 2 aromatic heterocycles. The first kappa shape index (κ1) is 22.3. The highest BCUT2D eigenvalue weighted by molar-refractivity contribution is 5.79. The average molecular weight is 436 g/mol. The fourth-order valence-electron chi connectivity index (χ4n) is 4.53. The van der Waals surface area contributed by atoms with Gasteiger partial charge in [0.05, 0.1) is 29.7 Å². The van der Waals surface area contributed by atoms with E-state index in [1.807, 2.05) is 23.1 Å². The number of nitrogens with zero attached hydrogens (tertiary/aromatic N) is 4. The van der Waals surface area contributed by atoms with E-state index in [0.717, 1.165) is 41.2 Å². The largest absolute Gasteiger partial charge is 0.396 e. The van der Waals surface area contributed by atoms with Gasteiger partial charge in [0.15, 0.2) is 5.82 Å². The van der Waals surface area contributed by atoms with Crippen molar-refractivity contribution in [3.8, 4) is 11.1 Å². The van der Waals surface area contributed by atoms with Crippen LogP contribution in [0.5, 0.6) is 0 Å². The lowest BCUT2D eigenvalue weighted by molar-refractivity contribution is -0.135. The van der Waals surface area contributed by atoms with Crippen LogP contribution in [0.25, 0.3) is 17.2 Å². The summed E-state index contributed by atoms with van der Waals surface area (Å²) in [6.07, 6.45) is 5.99. The lowest BCUT2D eigenvalue weighted by Gasteiger charge is -2.44. The van der Waals surface area contributed by atoms with Crippen LogP contribution in [0.2, 0.25) is 0 Å². The van der Waals surface area contributed by atoms with Crippen LogP contribution in [-0.2, 0) is 4.79 Å². The number of amides is 1. The summed E-state index contributed by atoms with van der Waals surface area (Å²) in [6, 6.07) is 6.12. The monoisotopic (exact) mass is 435 g/mol. The van der Waals surface area contributed by atoms with Gasteiger partial charge in [-0.25, -0.2) is 4.98 Å². The minimum atomic E-state index is -0.118. The predicted molar refractivity (Wildman–Crippen MR) is 128 cm³/mol. The smallest absolute Gasteiger partial charge is 0.225 e. The molecule has 7 heteroatoms. The lowest BCUT2D eigenvalue weighted by Crippen LogP contribution is -2.57. The Morgan fingerprint density at radius 2 is 2.12 bits per heavy atom. The van der Waals surface area contributed by atoms with Crippen LogP contribution in [0.4, 0.5) is 11.5 Å². The normalized spacial score (nSPS) is 18.8. The van der Waals surface area contributed by atoms with Crippen molar-refractivity contribution in [3.63, 3.8) is 0 Å². The molecule has 2 aliphatic rings. The van der Waals surface area contributed by atoms with E-state index in [4.69, 9.17) is 10.7 Å². The van der Waals surface area contributed by atoms with Gasteiger partial charge in [0.1, 0.15) is 0 Å². The minimum Gasteiger partial charge on any atom is -0.396 e. The Kier molecular flexibility index (Phi) is 6.46. The lowest BCUT2D eigenvalue weighted by atomic mass is 9.98. The SMILES string of the molecule is C=Cc1cc(-c2cc(N)c(N3CCN(C(=O)CCO)[C@H](C(C)C)C3)nc2C2CC2)ccn1. The molecule has 1 saturated carbocycles. The van der Waals surface area contributed by atoms with Crippen molar-refractivity contribution in [2.45, 2.75) is 45.1 Å². The molecule has 1 atom stereocenters. The first-order valence-electron chi connectivity index (χ1n) is 11.5. The van der Waals surface area contributed by atoms with Gasteiger partial charge in [-0.1, -0.05) is 20.4 Å². The van der Waals surface area contributed by atoms with Crippen molar-refractivity contribution >= 4 is 23.5 Å².